The Balaban J connectivity index is 1.89. The molecule has 2 aliphatic carbocycles. The fourth-order valence-corrected chi connectivity index (χ4v) is 3.21. The highest BCUT2D eigenvalue weighted by Crippen LogP contribution is 2.60. The molecule has 0 saturated heterocycles. The molecule has 0 spiro atoms. The molecule has 2 nitrogen and oxygen atoms in total. The third-order valence-corrected chi connectivity index (χ3v) is 4.49. The molecule has 2 rings (SSSR count). The summed E-state index contributed by atoms with van der Waals surface area (Å²) in [5.41, 5.74) is 1.04. The van der Waals surface area contributed by atoms with Gasteiger partial charge in [-0.15, -0.1) is 12.3 Å². The van der Waals surface area contributed by atoms with E-state index in [9.17, 15) is 4.79 Å². The summed E-state index contributed by atoms with van der Waals surface area (Å²) in [6.45, 7) is 4.04. The van der Waals surface area contributed by atoms with E-state index in [0.29, 0.717) is 6.42 Å². The third kappa shape index (κ3) is 3.22. The van der Waals surface area contributed by atoms with Crippen LogP contribution in [0.25, 0.3) is 0 Å². The Kier molecular flexibility index (Phi) is 4.52. The van der Waals surface area contributed by atoms with Crippen LogP contribution in [0.3, 0.4) is 0 Å². The van der Waals surface area contributed by atoms with Crippen LogP contribution >= 0.6 is 23.2 Å². The highest BCUT2D eigenvalue weighted by molar-refractivity contribution is 6.55. The van der Waals surface area contributed by atoms with Gasteiger partial charge >= 0.3 is 5.97 Å². The van der Waals surface area contributed by atoms with Crippen LogP contribution < -0.4 is 0 Å². The molecule has 1 unspecified atom stereocenters. The summed E-state index contributed by atoms with van der Waals surface area (Å²) in [5.74, 6) is 2.35. The van der Waals surface area contributed by atoms with Crippen molar-refractivity contribution in [3.63, 3.8) is 0 Å². The number of esters is 1. The average Bonchev–Trinajstić information content (AvgIpc) is 2.70. The summed E-state index contributed by atoms with van der Waals surface area (Å²) in [6.07, 6.45) is 11.2. The van der Waals surface area contributed by atoms with Crippen LogP contribution in [0.1, 0.15) is 33.1 Å². The van der Waals surface area contributed by atoms with Crippen LogP contribution in [0.2, 0.25) is 0 Å². The van der Waals surface area contributed by atoms with Gasteiger partial charge in [-0.2, -0.15) is 0 Å². The van der Waals surface area contributed by atoms with Crippen LogP contribution in [0.5, 0.6) is 0 Å². The van der Waals surface area contributed by atoms with Gasteiger partial charge in [0.2, 0.25) is 0 Å². The van der Waals surface area contributed by atoms with Crippen molar-refractivity contribution in [3.05, 3.63) is 22.2 Å². The second kappa shape index (κ2) is 5.84. The van der Waals surface area contributed by atoms with E-state index in [0.717, 1.165) is 12.8 Å². The van der Waals surface area contributed by atoms with Crippen LogP contribution in [0.4, 0.5) is 0 Å². The Morgan fingerprint density at radius 3 is 2.90 bits per heavy atom. The molecule has 20 heavy (non-hydrogen) atoms. The van der Waals surface area contributed by atoms with E-state index in [1.54, 1.807) is 6.08 Å². The first kappa shape index (κ1) is 15.5. The van der Waals surface area contributed by atoms with Crippen molar-refractivity contribution in [2.75, 3.05) is 0 Å². The molecule has 1 saturated carbocycles. The normalized spacial score (nSPS) is 30.1. The molecule has 0 aromatic heterocycles. The average molecular weight is 313 g/mol. The summed E-state index contributed by atoms with van der Waals surface area (Å²) < 4.78 is 5.79. The number of allylic oxidation sites excluding steroid dienone is 1. The molecule has 108 valence electrons. The Hall–Kier alpha value is -0.910. The van der Waals surface area contributed by atoms with Crippen LogP contribution in [0.15, 0.2) is 22.2 Å². The van der Waals surface area contributed by atoms with Crippen molar-refractivity contribution in [1.29, 1.82) is 0 Å². The molecule has 0 aromatic carbocycles. The second-order valence-corrected chi connectivity index (χ2v) is 7.03. The molecule has 4 heteroatoms. The van der Waals surface area contributed by atoms with Crippen molar-refractivity contribution < 1.29 is 9.53 Å². The monoisotopic (exact) mass is 312 g/mol. The summed E-state index contributed by atoms with van der Waals surface area (Å²) >= 11 is 11.4. The maximum absolute atomic E-state index is 12.2. The van der Waals surface area contributed by atoms with Crippen molar-refractivity contribution in [2.24, 2.45) is 17.3 Å². The Bertz CT molecular complexity index is 507. The Morgan fingerprint density at radius 2 is 2.30 bits per heavy atom. The lowest BCUT2D eigenvalue weighted by molar-refractivity contribution is -0.151. The SMILES string of the molecule is C#CCC1=CCC(OC(=O)[C@@H]2[C@@H](C=C(Cl)Cl)C2(C)C)C1. The van der Waals surface area contributed by atoms with Gasteiger partial charge in [-0.05, 0) is 17.4 Å². The maximum Gasteiger partial charge on any atom is 0.310 e. The molecule has 0 aromatic rings. The van der Waals surface area contributed by atoms with Gasteiger partial charge < -0.3 is 4.74 Å². The lowest BCUT2D eigenvalue weighted by Crippen LogP contribution is -2.18. The van der Waals surface area contributed by atoms with Gasteiger partial charge in [0.25, 0.3) is 0 Å². The van der Waals surface area contributed by atoms with E-state index < -0.39 is 0 Å². The fraction of sp³-hybridized carbons (Fsp3) is 0.562. The number of rotatable bonds is 4. The highest BCUT2D eigenvalue weighted by atomic mass is 35.5. The fourth-order valence-electron chi connectivity index (χ4n) is 2.93. The first-order valence-corrected chi connectivity index (χ1v) is 7.46. The maximum atomic E-state index is 12.2. The molecule has 1 fully saturated rings. The predicted molar refractivity (Wildman–Crippen MR) is 81.2 cm³/mol. The number of halogens is 2. The first-order valence-electron chi connectivity index (χ1n) is 6.71. The van der Waals surface area contributed by atoms with Gasteiger partial charge in [-0.25, -0.2) is 0 Å². The minimum Gasteiger partial charge on any atom is -0.461 e. The number of hydrogen-bond acceptors (Lipinski definition) is 2. The van der Waals surface area contributed by atoms with E-state index >= 15 is 0 Å². The molecule has 0 aliphatic heterocycles. The van der Waals surface area contributed by atoms with E-state index in [4.69, 9.17) is 34.4 Å². The van der Waals surface area contributed by atoms with E-state index in [1.807, 2.05) is 13.8 Å². The highest BCUT2D eigenvalue weighted by Gasteiger charge is 2.61. The number of carbonyl (C=O) groups excluding carboxylic acids is 1. The lowest BCUT2D eigenvalue weighted by atomic mass is 10.1. The number of carbonyl (C=O) groups is 1. The summed E-state index contributed by atoms with van der Waals surface area (Å²) in [4.78, 5) is 12.2. The first-order chi connectivity index (χ1) is 9.36. The molecule has 0 bridgehead atoms. The van der Waals surface area contributed by atoms with E-state index in [2.05, 4.69) is 12.0 Å². The smallest absolute Gasteiger partial charge is 0.310 e. The molecule has 0 N–H and O–H groups in total. The van der Waals surface area contributed by atoms with Gasteiger partial charge in [0.1, 0.15) is 10.6 Å². The zero-order valence-electron chi connectivity index (χ0n) is 11.7. The van der Waals surface area contributed by atoms with Gasteiger partial charge in [0.05, 0.1) is 5.92 Å². The van der Waals surface area contributed by atoms with E-state index in [-0.39, 0.29) is 33.8 Å². The molecule has 0 radical (unpaired) electrons. The van der Waals surface area contributed by atoms with Crippen molar-refractivity contribution in [3.8, 4) is 12.3 Å². The van der Waals surface area contributed by atoms with Gasteiger partial charge in [-0.3, -0.25) is 4.79 Å². The number of hydrogen-bond donors (Lipinski definition) is 0. The second-order valence-electron chi connectivity index (χ2n) is 6.02. The summed E-state index contributed by atoms with van der Waals surface area (Å²) in [6, 6.07) is 0. The van der Waals surface area contributed by atoms with E-state index in [1.165, 1.54) is 5.57 Å². The topological polar surface area (TPSA) is 26.3 Å². The molecule has 3 atom stereocenters. The number of ether oxygens (including phenoxy) is 1. The van der Waals surface area contributed by atoms with Crippen molar-refractivity contribution in [1.82, 2.24) is 0 Å². The Labute approximate surface area is 130 Å². The predicted octanol–water partition coefficient (Wildman–Crippen LogP) is 4.23. The van der Waals surface area contributed by atoms with Crippen LogP contribution in [0, 0.1) is 29.6 Å². The van der Waals surface area contributed by atoms with Gasteiger partial charge in [0.15, 0.2) is 0 Å². The number of terminal acetylenes is 1. The largest absolute Gasteiger partial charge is 0.461 e. The summed E-state index contributed by atoms with van der Waals surface area (Å²) in [5, 5.41) is 0. The van der Waals surface area contributed by atoms with Crippen LogP contribution in [-0.4, -0.2) is 12.1 Å². The van der Waals surface area contributed by atoms with Gasteiger partial charge in [-0.1, -0.05) is 48.7 Å². The van der Waals surface area contributed by atoms with Crippen molar-refractivity contribution in [2.45, 2.75) is 39.2 Å². The molecular weight excluding hydrogens is 295 g/mol. The quantitative estimate of drug-likeness (QED) is 0.441. The zero-order valence-corrected chi connectivity index (χ0v) is 13.2. The third-order valence-electron chi connectivity index (χ3n) is 4.24. The minimum atomic E-state index is -0.161. The Morgan fingerprint density at radius 1 is 1.60 bits per heavy atom. The van der Waals surface area contributed by atoms with Gasteiger partial charge in [0, 0.05) is 19.3 Å². The molecule has 2 aliphatic rings. The zero-order chi connectivity index (χ0) is 14.9. The molecule has 0 amide bonds. The standard InChI is InChI=1S/C16H18Cl2O2/c1-4-5-10-6-7-11(8-10)20-15(19)14-12(9-13(17)18)16(14,2)3/h1,6,9,11-12,14H,5,7-8H2,2-3H3/t11?,12-,14+/m1/s1. The van der Waals surface area contributed by atoms with Crippen LogP contribution in [-0.2, 0) is 9.53 Å². The minimum absolute atomic E-state index is 0.0551. The molecular formula is C16H18Cl2O2. The molecule has 0 heterocycles. The van der Waals surface area contributed by atoms with Crippen molar-refractivity contribution >= 4 is 29.2 Å². The lowest BCUT2D eigenvalue weighted by Gasteiger charge is -2.12. The summed E-state index contributed by atoms with van der Waals surface area (Å²) in [7, 11) is 0.